The monoisotopic (exact) mass is 533 g/mol. The molecule has 1 aliphatic rings. The zero-order chi connectivity index (χ0) is 27.6. The Bertz CT molecular complexity index is 2360. The molecule has 0 N–H and O–H groups in total. The molecule has 0 bridgehead atoms. The minimum Gasteiger partial charge on any atom is -0.208 e. The Morgan fingerprint density at radius 3 is 1.76 bits per heavy atom. The molecule has 0 fully saturated rings. The zero-order valence-corrected chi connectivity index (χ0v) is 22.6. The fraction of sp³-hybridized carbons (Fsp3) is 0. The van der Waals surface area contributed by atoms with Crippen LogP contribution in [0.1, 0.15) is 0 Å². The summed E-state index contributed by atoms with van der Waals surface area (Å²) >= 11 is 0. The molecule has 8 aromatic rings. The topological polar surface area (TPSA) is 38.7 Å². The Morgan fingerprint density at radius 1 is 0.310 bits per heavy atom. The van der Waals surface area contributed by atoms with Gasteiger partial charge in [-0.3, -0.25) is 0 Å². The first-order valence-electron chi connectivity index (χ1n) is 14.2. The summed E-state index contributed by atoms with van der Waals surface area (Å²) in [5, 5.41) is 7.22. The molecular weight excluding hydrogens is 510 g/mol. The number of rotatable bonds is 3. The lowest BCUT2D eigenvalue weighted by Gasteiger charge is -2.14. The minimum atomic E-state index is 0.666. The fourth-order valence-corrected chi connectivity index (χ4v) is 6.49. The highest BCUT2D eigenvalue weighted by molar-refractivity contribution is 6.26. The van der Waals surface area contributed by atoms with Gasteiger partial charge in [-0.15, -0.1) is 0 Å². The summed E-state index contributed by atoms with van der Waals surface area (Å²) in [5.74, 6) is 2.01. The maximum atomic E-state index is 5.17. The van der Waals surface area contributed by atoms with E-state index in [-0.39, 0.29) is 0 Å². The van der Waals surface area contributed by atoms with Crippen molar-refractivity contribution in [2.45, 2.75) is 0 Å². The van der Waals surface area contributed by atoms with Crippen LogP contribution >= 0.6 is 0 Å². The molecule has 1 heterocycles. The smallest absolute Gasteiger partial charge is 0.164 e. The van der Waals surface area contributed by atoms with Gasteiger partial charge in [0.1, 0.15) is 0 Å². The molecule has 3 nitrogen and oxygen atoms in total. The molecule has 0 aliphatic heterocycles. The molecule has 0 spiro atoms. The largest absolute Gasteiger partial charge is 0.208 e. The summed E-state index contributed by atoms with van der Waals surface area (Å²) in [6.45, 7) is 0. The van der Waals surface area contributed by atoms with Crippen molar-refractivity contribution in [3.8, 4) is 56.4 Å². The number of aromatic nitrogens is 3. The summed E-state index contributed by atoms with van der Waals surface area (Å²) in [5.41, 5.74) is 8.03. The molecule has 9 rings (SSSR count). The highest BCUT2D eigenvalue weighted by atomic mass is 15.0. The maximum absolute atomic E-state index is 5.17. The second-order valence-electron chi connectivity index (χ2n) is 10.8. The summed E-state index contributed by atoms with van der Waals surface area (Å²) in [6, 6.07) is 49.1. The van der Waals surface area contributed by atoms with Gasteiger partial charge in [0.05, 0.1) is 0 Å². The molecule has 0 unspecified atom stereocenters. The van der Waals surface area contributed by atoms with E-state index in [1.807, 2.05) is 18.2 Å². The van der Waals surface area contributed by atoms with Crippen LogP contribution in [0.25, 0.3) is 88.7 Å². The van der Waals surface area contributed by atoms with E-state index in [4.69, 9.17) is 15.0 Å². The number of benzene rings is 7. The molecule has 1 aromatic heterocycles. The second-order valence-corrected chi connectivity index (χ2v) is 10.8. The van der Waals surface area contributed by atoms with E-state index in [2.05, 4.69) is 121 Å². The third-order valence-corrected chi connectivity index (χ3v) is 8.43. The molecule has 0 saturated carbocycles. The van der Waals surface area contributed by atoms with E-state index in [0.29, 0.717) is 17.5 Å². The van der Waals surface area contributed by atoms with Gasteiger partial charge in [0, 0.05) is 22.1 Å². The molecule has 0 radical (unpaired) electrons. The Hall–Kier alpha value is -5.67. The van der Waals surface area contributed by atoms with Crippen LogP contribution in [0.2, 0.25) is 0 Å². The molecule has 7 aromatic carbocycles. The van der Waals surface area contributed by atoms with Crippen molar-refractivity contribution in [3.63, 3.8) is 0 Å². The predicted octanol–water partition coefficient (Wildman–Crippen LogP) is 9.98. The Labute approximate surface area is 242 Å². The first kappa shape index (κ1) is 23.1. The fourth-order valence-electron chi connectivity index (χ4n) is 6.49. The lowest BCUT2D eigenvalue weighted by Crippen LogP contribution is -2.01. The number of hydrogen-bond acceptors (Lipinski definition) is 3. The lowest BCUT2D eigenvalue weighted by molar-refractivity contribution is 1.08. The van der Waals surface area contributed by atoms with Crippen molar-refractivity contribution < 1.29 is 0 Å². The van der Waals surface area contributed by atoms with Crippen molar-refractivity contribution >= 4 is 32.3 Å². The standard InChI is InChI=1S/C39H23N3/c1-2-11-25(12-3-1)37-40-38(28-19-18-24-10-4-5-13-26(24)22-28)42-39(41-37)33-21-20-32-30-16-8-9-17-31(30)34-23-27-14-6-7-15-29(27)35(33)36(32)34/h1-23H. The van der Waals surface area contributed by atoms with Crippen LogP contribution in [0.3, 0.4) is 0 Å². The van der Waals surface area contributed by atoms with E-state index in [0.717, 1.165) is 22.1 Å². The van der Waals surface area contributed by atoms with Crippen LogP contribution in [0, 0.1) is 0 Å². The average Bonchev–Trinajstić information content (AvgIpc) is 3.39. The van der Waals surface area contributed by atoms with E-state index in [1.54, 1.807) is 0 Å². The molecule has 194 valence electrons. The first-order valence-corrected chi connectivity index (χ1v) is 14.2. The Kier molecular flexibility index (Phi) is 4.90. The second kappa shape index (κ2) is 8.92. The maximum Gasteiger partial charge on any atom is 0.164 e. The zero-order valence-electron chi connectivity index (χ0n) is 22.6. The van der Waals surface area contributed by atoms with Crippen molar-refractivity contribution in [2.24, 2.45) is 0 Å². The van der Waals surface area contributed by atoms with Gasteiger partial charge in [-0.2, -0.15) is 0 Å². The number of nitrogens with zero attached hydrogens (tertiary/aromatic N) is 3. The quantitative estimate of drug-likeness (QED) is 0.212. The lowest BCUT2D eigenvalue weighted by atomic mass is 9.92. The van der Waals surface area contributed by atoms with Gasteiger partial charge in [-0.05, 0) is 67.4 Å². The van der Waals surface area contributed by atoms with Gasteiger partial charge in [-0.25, -0.2) is 15.0 Å². The van der Waals surface area contributed by atoms with Gasteiger partial charge >= 0.3 is 0 Å². The van der Waals surface area contributed by atoms with Crippen molar-refractivity contribution in [3.05, 3.63) is 140 Å². The molecule has 1 aliphatic carbocycles. The van der Waals surface area contributed by atoms with Gasteiger partial charge < -0.3 is 0 Å². The molecule has 0 amide bonds. The summed E-state index contributed by atoms with van der Waals surface area (Å²) in [7, 11) is 0. The highest BCUT2D eigenvalue weighted by Crippen LogP contribution is 2.51. The van der Waals surface area contributed by atoms with Crippen molar-refractivity contribution in [2.75, 3.05) is 0 Å². The van der Waals surface area contributed by atoms with Gasteiger partial charge in [0.2, 0.25) is 0 Å². The van der Waals surface area contributed by atoms with Gasteiger partial charge in [0.25, 0.3) is 0 Å². The SMILES string of the molecule is c1ccc(-c2nc(-c3ccc4ccccc4c3)nc(-c3ccc4c5c(cc6ccccc6c35)-c3ccccc3-4)n2)cc1. The molecule has 3 heteroatoms. The van der Waals surface area contributed by atoms with Crippen LogP contribution in [-0.4, -0.2) is 15.0 Å². The van der Waals surface area contributed by atoms with E-state index in [9.17, 15) is 0 Å². The number of fused-ring (bicyclic) bond motifs is 6. The van der Waals surface area contributed by atoms with E-state index < -0.39 is 0 Å². The molecule has 0 atom stereocenters. The van der Waals surface area contributed by atoms with E-state index >= 15 is 0 Å². The number of hydrogen-bond donors (Lipinski definition) is 0. The van der Waals surface area contributed by atoms with Crippen LogP contribution in [0.15, 0.2) is 140 Å². The van der Waals surface area contributed by atoms with E-state index in [1.165, 1.54) is 49.2 Å². The average molecular weight is 534 g/mol. The predicted molar refractivity (Wildman–Crippen MR) is 173 cm³/mol. The van der Waals surface area contributed by atoms with Crippen LogP contribution in [0.5, 0.6) is 0 Å². The van der Waals surface area contributed by atoms with Crippen molar-refractivity contribution in [1.29, 1.82) is 0 Å². The van der Waals surface area contributed by atoms with Crippen LogP contribution < -0.4 is 0 Å². The molecule has 0 saturated heterocycles. The third-order valence-electron chi connectivity index (χ3n) is 8.43. The van der Waals surface area contributed by atoms with Crippen LogP contribution in [-0.2, 0) is 0 Å². The summed E-state index contributed by atoms with van der Waals surface area (Å²) in [6.07, 6.45) is 0. The molecule has 42 heavy (non-hydrogen) atoms. The first-order chi connectivity index (χ1) is 20.8. The third kappa shape index (κ3) is 3.44. The summed E-state index contributed by atoms with van der Waals surface area (Å²) in [4.78, 5) is 15.3. The molecular formula is C39H23N3. The normalized spacial score (nSPS) is 11.8. The Morgan fingerprint density at radius 2 is 0.929 bits per heavy atom. The van der Waals surface area contributed by atoms with Crippen molar-refractivity contribution in [1.82, 2.24) is 15.0 Å². The van der Waals surface area contributed by atoms with Gasteiger partial charge in [0.15, 0.2) is 17.5 Å². The minimum absolute atomic E-state index is 0.666. The van der Waals surface area contributed by atoms with Crippen LogP contribution in [0.4, 0.5) is 0 Å². The highest BCUT2D eigenvalue weighted by Gasteiger charge is 2.25. The van der Waals surface area contributed by atoms with Gasteiger partial charge in [-0.1, -0.05) is 121 Å². The Balaban J connectivity index is 1.37. The summed E-state index contributed by atoms with van der Waals surface area (Å²) < 4.78 is 0.